The van der Waals surface area contributed by atoms with Gasteiger partial charge < -0.3 is 14.4 Å². The minimum atomic E-state index is 0.384. The smallest absolute Gasteiger partial charge is 0.232 e. The van der Waals surface area contributed by atoms with Crippen molar-refractivity contribution in [1.29, 1.82) is 0 Å². The Balaban J connectivity index is 1.40. The molecule has 0 saturated carbocycles. The molecule has 0 atom stereocenters. The van der Waals surface area contributed by atoms with Crippen LogP contribution in [0.25, 0.3) is 32.9 Å². The van der Waals surface area contributed by atoms with Gasteiger partial charge in [0.05, 0.1) is 43.2 Å². The van der Waals surface area contributed by atoms with Crippen molar-refractivity contribution in [2.75, 3.05) is 19.1 Å². The molecule has 0 bridgehead atoms. The van der Waals surface area contributed by atoms with Gasteiger partial charge in [-0.05, 0) is 85.2 Å². The Morgan fingerprint density at radius 3 is 2.10 bits per heavy atom. The predicted octanol–water partition coefficient (Wildman–Crippen LogP) is 10.0. The highest BCUT2D eigenvalue weighted by atomic mass is 16.5. The lowest BCUT2D eigenvalue weighted by molar-refractivity contribution is 0.414. The summed E-state index contributed by atoms with van der Waals surface area (Å²) >= 11 is 0. The molecule has 0 aliphatic carbocycles. The van der Waals surface area contributed by atoms with Gasteiger partial charge in [0.25, 0.3) is 0 Å². The van der Waals surface area contributed by atoms with Crippen LogP contribution in [0.2, 0.25) is 0 Å². The quantitative estimate of drug-likeness (QED) is 0.124. The summed E-state index contributed by atoms with van der Waals surface area (Å²) in [5.74, 6) is 2.48. The maximum atomic E-state index is 5.42. The molecule has 2 heterocycles. The molecule has 0 spiro atoms. The molecule has 8 rings (SSSR count). The normalized spacial score (nSPS) is 12.8. The van der Waals surface area contributed by atoms with E-state index in [1.807, 2.05) is 66.7 Å². The number of ether oxygens (including phenoxy) is 2. The monoisotopic (exact) mass is 680 g/mol. The number of nitrogens with zero attached hydrogens (tertiary/aromatic N) is 6. The first-order chi connectivity index (χ1) is 25.6. The zero-order chi connectivity index (χ0) is 35.6. The second-order valence-electron chi connectivity index (χ2n) is 12.4. The van der Waals surface area contributed by atoms with Gasteiger partial charge in [-0.3, -0.25) is 9.56 Å². The van der Waals surface area contributed by atoms with Gasteiger partial charge in [-0.15, -0.1) is 0 Å². The molecule has 0 amide bonds. The van der Waals surface area contributed by atoms with Crippen LogP contribution in [0.5, 0.6) is 11.5 Å². The number of amidine groups is 1. The van der Waals surface area contributed by atoms with E-state index < -0.39 is 0 Å². The van der Waals surface area contributed by atoms with Gasteiger partial charge in [-0.2, -0.15) is 4.99 Å². The van der Waals surface area contributed by atoms with Gasteiger partial charge >= 0.3 is 0 Å². The van der Waals surface area contributed by atoms with Crippen LogP contribution in [0.1, 0.15) is 16.7 Å². The molecule has 1 aromatic heterocycles. The topological polar surface area (TPSA) is 76.1 Å². The van der Waals surface area contributed by atoms with Crippen molar-refractivity contribution in [3.63, 3.8) is 0 Å². The van der Waals surface area contributed by atoms with Crippen LogP contribution in [0.4, 0.5) is 17.1 Å². The number of hydrogen-bond acceptors (Lipinski definition) is 5. The van der Waals surface area contributed by atoms with Crippen molar-refractivity contribution >= 4 is 64.1 Å². The maximum Gasteiger partial charge on any atom is 0.232 e. The third-order valence-corrected chi connectivity index (χ3v) is 9.52. The fourth-order valence-electron chi connectivity index (χ4n) is 7.03. The number of methoxy groups -OCH3 is 2. The fraction of sp³-hybridized carbons (Fsp3) is 0.0909. The van der Waals surface area contributed by atoms with Crippen molar-refractivity contribution in [2.45, 2.75) is 13.1 Å². The minimum absolute atomic E-state index is 0.384. The van der Waals surface area contributed by atoms with Gasteiger partial charge in [0.15, 0.2) is 5.84 Å². The predicted molar refractivity (Wildman–Crippen MR) is 215 cm³/mol. The molecule has 0 radical (unpaired) electrons. The largest absolute Gasteiger partial charge is 0.497 e. The summed E-state index contributed by atoms with van der Waals surface area (Å²) < 4.78 is 13.0. The summed E-state index contributed by atoms with van der Waals surface area (Å²) in [6, 6.07) is 45.1. The Labute approximate surface area is 302 Å². The third-order valence-electron chi connectivity index (χ3n) is 9.52. The molecule has 0 fully saturated rings. The van der Waals surface area contributed by atoms with Crippen molar-refractivity contribution in [2.24, 2.45) is 20.0 Å². The van der Waals surface area contributed by atoms with Crippen molar-refractivity contribution in [1.82, 2.24) is 4.57 Å². The highest BCUT2D eigenvalue weighted by Gasteiger charge is 2.29. The number of rotatable bonds is 7. The van der Waals surface area contributed by atoms with E-state index in [0.29, 0.717) is 24.9 Å². The van der Waals surface area contributed by atoms with Crippen LogP contribution in [-0.4, -0.2) is 44.0 Å². The molecule has 6 aromatic carbocycles. The van der Waals surface area contributed by atoms with E-state index in [9.17, 15) is 0 Å². The average molecular weight is 681 g/mol. The zero-order valence-corrected chi connectivity index (χ0v) is 29.0. The van der Waals surface area contributed by atoms with Crippen LogP contribution in [-0.2, 0) is 13.1 Å². The van der Waals surface area contributed by atoms with Gasteiger partial charge in [0.2, 0.25) is 5.96 Å². The number of anilines is 2. The number of hydrogen-bond donors (Lipinski definition) is 0. The molecule has 7 aromatic rings. The lowest BCUT2D eigenvalue weighted by Crippen LogP contribution is -2.22. The first-order valence-electron chi connectivity index (χ1n) is 17.0. The third kappa shape index (κ3) is 5.70. The van der Waals surface area contributed by atoms with Crippen LogP contribution in [0, 0.1) is 0 Å². The standard InChI is InChI=1S/C44H36N6O2/c1-45-37-13-7-10-16-40(37)49-28-31-21-26-35-34-11-5-9-15-39(34)50(42(35)41(31)36-12-6-8-14-38(36)49)44(47-27-29-17-22-32(51-3)23-18-29)48-43(46-2)30-19-24-33(52-4)25-20-30/h5-26H,1-2,27-28H2,3-4H3/b47-44?,48-43-. The Hall–Kier alpha value is -6.80. The van der Waals surface area contributed by atoms with E-state index >= 15 is 0 Å². The van der Waals surface area contributed by atoms with Gasteiger partial charge in [0, 0.05) is 39.7 Å². The molecule has 1 aliphatic rings. The number of para-hydroxylation sites is 4. The summed E-state index contributed by atoms with van der Waals surface area (Å²) in [4.78, 5) is 21.5. The molecule has 52 heavy (non-hydrogen) atoms. The molecule has 0 saturated heterocycles. The molecule has 8 heteroatoms. The van der Waals surface area contributed by atoms with Gasteiger partial charge in [0.1, 0.15) is 11.5 Å². The van der Waals surface area contributed by atoms with Gasteiger partial charge in [-0.1, -0.05) is 72.8 Å². The molecule has 0 unspecified atom stereocenters. The molecule has 254 valence electrons. The summed E-state index contributed by atoms with van der Waals surface area (Å²) in [6.45, 7) is 8.81. The van der Waals surface area contributed by atoms with Crippen molar-refractivity contribution < 1.29 is 9.47 Å². The molecule has 1 aliphatic heterocycles. The number of benzene rings is 6. The lowest BCUT2D eigenvalue weighted by Gasteiger charge is -2.34. The van der Waals surface area contributed by atoms with E-state index in [-0.39, 0.29) is 0 Å². The van der Waals surface area contributed by atoms with Gasteiger partial charge in [-0.25, -0.2) is 9.98 Å². The van der Waals surface area contributed by atoms with E-state index in [1.54, 1.807) is 14.2 Å². The van der Waals surface area contributed by atoms with E-state index in [4.69, 9.17) is 19.5 Å². The SMILES string of the molecule is C=N/C(=N\C(=NCc1ccc(OC)cc1)n1c2ccccc2c2ccc3c(c21)-c1ccccc1N(c1ccccc1N=C)C3)c1ccc(OC)cc1. The molecule has 8 nitrogen and oxygen atoms in total. The first-order valence-corrected chi connectivity index (χ1v) is 17.0. The number of aliphatic imine (C=N–C) groups is 4. The zero-order valence-electron chi connectivity index (χ0n) is 29.0. The molecular formula is C44H36N6O2. The fourth-order valence-corrected chi connectivity index (χ4v) is 7.03. The van der Waals surface area contributed by atoms with E-state index in [1.165, 1.54) is 5.56 Å². The summed E-state index contributed by atoms with van der Waals surface area (Å²) in [5.41, 5.74) is 10.2. The Morgan fingerprint density at radius 2 is 1.37 bits per heavy atom. The molecule has 0 N–H and O–H groups in total. The second-order valence-corrected chi connectivity index (χ2v) is 12.4. The first kappa shape index (κ1) is 32.4. The van der Waals surface area contributed by atoms with Crippen LogP contribution >= 0.6 is 0 Å². The lowest BCUT2D eigenvalue weighted by atomic mass is 9.90. The van der Waals surface area contributed by atoms with Crippen LogP contribution < -0.4 is 14.4 Å². The van der Waals surface area contributed by atoms with E-state index in [0.717, 1.165) is 72.6 Å². The Bertz CT molecular complexity index is 2530. The van der Waals surface area contributed by atoms with Crippen molar-refractivity contribution in [3.8, 4) is 22.6 Å². The van der Waals surface area contributed by atoms with E-state index in [2.05, 4.69) is 99.6 Å². The Morgan fingerprint density at radius 1 is 0.692 bits per heavy atom. The highest BCUT2D eigenvalue weighted by Crippen LogP contribution is 2.49. The molecular weight excluding hydrogens is 645 g/mol. The minimum Gasteiger partial charge on any atom is -0.497 e. The average Bonchev–Trinajstić information content (AvgIpc) is 3.55. The second kappa shape index (κ2) is 13.8. The van der Waals surface area contributed by atoms with Crippen molar-refractivity contribution in [3.05, 3.63) is 150 Å². The van der Waals surface area contributed by atoms with Crippen LogP contribution in [0.3, 0.4) is 0 Å². The number of fused-ring (bicyclic) bond motifs is 7. The summed E-state index contributed by atoms with van der Waals surface area (Å²) in [6.07, 6.45) is 0. The summed E-state index contributed by atoms with van der Waals surface area (Å²) in [7, 11) is 3.31. The maximum absolute atomic E-state index is 5.42. The number of aromatic nitrogens is 1. The summed E-state index contributed by atoms with van der Waals surface area (Å²) in [5, 5.41) is 2.21. The highest BCUT2D eigenvalue weighted by molar-refractivity contribution is 6.21. The Kier molecular flexibility index (Phi) is 8.63. The van der Waals surface area contributed by atoms with Crippen LogP contribution in [0.15, 0.2) is 153 Å².